The van der Waals surface area contributed by atoms with Gasteiger partial charge in [-0.2, -0.15) is 0 Å². The van der Waals surface area contributed by atoms with Crippen LogP contribution >= 0.6 is 11.3 Å². The van der Waals surface area contributed by atoms with Crippen molar-refractivity contribution in [1.82, 2.24) is 5.32 Å². The van der Waals surface area contributed by atoms with Crippen LogP contribution in [0.4, 0.5) is 0 Å². The molecule has 1 heterocycles. The molecule has 1 aromatic heterocycles. The highest BCUT2D eigenvalue weighted by atomic mass is 32.1. The molecule has 20 heavy (non-hydrogen) atoms. The maximum absolute atomic E-state index is 6.19. The lowest BCUT2D eigenvalue weighted by atomic mass is 9.85. The summed E-state index contributed by atoms with van der Waals surface area (Å²) in [5.74, 6) is 0.890. The van der Waals surface area contributed by atoms with Crippen molar-refractivity contribution in [2.75, 3.05) is 6.54 Å². The van der Waals surface area contributed by atoms with Crippen LogP contribution in [0.1, 0.15) is 61.3 Å². The first-order valence-corrected chi connectivity index (χ1v) is 8.95. The molecule has 1 aliphatic rings. The molecule has 0 aromatic carbocycles. The Morgan fingerprint density at radius 1 is 1.35 bits per heavy atom. The number of rotatable bonds is 7. The Morgan fingerprint density at radius 3 is 2.95 bits per heavy atom. The summed E-state index contributed by atoms with van der Waals surface area (Å²) < 4.78 is 6.19. The van der Waals surface area contributed by atoms with Gasteiger partial charge in [-0.05, 0) is 43.9 Å². The van der Waals surface area contributed by atoms with Gasteiger partial charge < -0.3 is 10.1 Å². The molecule has 1 aromatic rings. The van der Waals surface area contributed by atoms with Crippen LogP contribution in [0.25, 0.3) is 0 Å². The van der Waals surface area contributed by atoms with Crippen molar-refractivity contribution in [3.63, 3.8) is 0 Å². The number of hydrogen-bond donors (Lipinski definition) is 1. The van der Waals surface area contributed by atoms with E-state index in [1.807, 2.05) is 11.3 Å². The number of thiophene rings is 1. The Labute approximate surface area is 127 Å². The van der Waals surface area contributed by atoms with E-state index in [9.17, 15) is 0 Å². The summed E-state index contributed by atoms with van der Waals surface area (Å²) in [6, 6.07) is 2.32. The van der Waals surface area contributed by atoms with Gasteiger partial charge in [-0.15, -0.1) is 11.3 Å². The quantitative estimate of drug-likeness (QED) is 0.790. The molecule has 1 aliphatic carbocycles. The maximum atomic E-state index is 6.19. The molecule has 3 heteroatoms. The van der Waals surface area contributed by atoms with Crippen molar-refractivity contribution in [1.29, 1.82) is 0 Å². The van der Waals surface area contributed by atoms with Crippen LogP contribution in [0.5, 0.6) is 0 Å². The molecular weight excluding hydrogens is 266 g/mol. The summed E-state index contributed by atoms with van der Waals surface area (Å²) in [6.07, 6.45) is 7.07. The average Bonchev–Trinajstić information content (AvgIpc) is 2.83. The molecule has 1 saturated carbocycles. The zero-order chi connectivity index (χ0) is 14.4. The van der Waals surface area contributed by atoms with Crippen molar-refractivity contribution >= 4 is 11.3 Å². The van der Waals surface area contributed by atoms with Crippen molar-refractivity contribution in [2.45, 2.75) is 72.1 Å². The molecule has 2 rings (SSSR count). The van der Waals surface area contributed by atoms with Gasteiger partial charge >= 0.3 is 0 Å². The van der Waals surface area contributed by atoms with E-state index in [1.165, 1.54) is 47.4 Å². The predicted molar refractivity (Wildman–Crippen MR) is 87.3 cm³/mol. The Kier molecular flexibility index (Phi) is 6.53. The largest absolute Gasteiger partial charge is 0.373 e. The second-order valence-electron chi connectivity index (χ2n) is 5.95. The van der Waals surface area contributed by atoms with Gasteiger partial charge in [-0.1, -0.05) is 33.1 Å². The first-order chi connectivity index (χ1) is 9.72. The van der Waals surface area contributed by atoms with Gasteiger partial charge in [0.2, 0.25) is 0 Å². The first kappa shape index (κ1) is 16.0. The number of hydrogen-bond acceptors (Lipinski definition) is 3. The van der Waals surface area contributed by atoms with Crippen LogP contribution in [0.15, 0.2) is 6.07 Å². The smallest absolute Gasteiger partial charge is 0.0731 e. The van der Waals surface area contributed by atoms with Crippen LogP contribution < -0.4 is 5.32 Å². The zero-order valence-corrected chi connectivity index (χ0v) is 14.0. The predicted octanol–water partition coefficient (Wildman–Crippen LogP) is 4.65. The molecule has 0 aliphatic heterocycles. The summed E-state index contributed by atoms with van der Waals surface area (Å²) in [4.78, 5) is 2.85. The van der Waals surface area contributed by atoms with E-state index in [0.29, 0.717) is 6.10 Å². The fourth-order valence-electron chi connectivity index (χ4n) is 3.04. The van der Waals surface area contributed by atoms with Gasteiger partial charge in [0, 0.05) is 16.3 Å². The summed E-state index contributed by atoms with van der Waals surface area (Å²) in [5.41, 5.74) is 1.39. The summed E-state index contributed by atoms with van der Waals surface area (Å²) >= 11 is 1.90. The number of nitrogens with one attached hydrogen (secondary N) is 1. The van der Waals surface area contributed by atoms with E-state index >= 15 is 0 Å². The highest BCUT2D eigenvalue weighted by Crippen LogP contribution is 2.30. The monoisotopic (exact) mass is 295 g/mol. The molecule has 114 valence electrons. The molecule has 0 amide bonds. The van der Waals surface area contributed by atoms with Crippen LogP contribution in [0.2, 0.25) is 0 Å². The van der Waals surface area contributed by atoms with E-state index in [1.54, 1.807) is 0 Å². The maximum Gasteiger partial charge on any atom is 0.0731 e. The van der Waals surface area contributed by atoms with Crippen LogP contribution in [-0.2, 0) is 17.9 Å². The van der Waals surface area contributed by atoms with E-state index in [0.717, 1.165) is 25.6 Å². The third kappa shape index (κ3) is 4.57. The van der Waals surface area contributed by atoms with E-state index in [-0.39, 0.29) is 0 Å². The van der Waals surface area contributed by atoms with Crippen molar-refractivity contribution in [3.05, 3.63) is 21.4 Å². The summed E-state index contributed by atoms with van der Waals surface area (Å²) in [5, 5.41) is 3.39. The molecule has 2 nitrogen and oxygen atoms in total. The molecule has 1 fully saturated rings. The third-order valence-corrected chi connectivity index (χ3v) is 5.50. The van der Waals surface area contributed by atoms with Crippen molar-refractivity contribution < 1.29 is 4.74 Å². The van der Waals surface area contributed by atoms with Crippen LogP contribution in [-0.4, -0.2) is 12.6 Å². The van der Waals surface area contributed by atoms with E-state index < -0.39 is 0 Å². The van der Waals surface area contributed by atoms with E-state index in [2.05, 4.69) is 32.2 Å². The van der Waals surface area contributed by atoms with Gasteiger partial charge in [0.05, 0.1) is 12.7 Å². The number of aryl methyl sites for hydroxylation is 1. The normalized spacial score (nSPS) is 23.1. The Balaban J connectivity index is 1.82. The van der Waals surface area contributed by atoms with Crippen molar-refractivity contribution in [3.8, 4) is 0 Å². The Bertz CT molecular complexity index is 402. The van der Waals surface area contributed by atoms with Crippen molar-refractivity contribution in [2.24, 2.45) is 5.92 Å². The van der Waals surface area contributed by atoms with Gasteiger partial charge in [0.25, 0.3) is 0 Å². The number of ether oxygens (including phenoxy) is 1. The first-order valence-electron chi connectivity index (χ1n) is 8.13. The molecule has 2 atom stereocenters. The van der Waals surface area contributed by atoms with Gasteiger partial charge in [-0.25, -0.2) is 0 Å². The second kappa shape index (κ2) is 8.16. The molecule has 1 N–H and O–H groups in total. The minimum Gasteiger partial charge on any atom is -0.373 e. The minimum absolute atomic E-state index is 0.491. The summed E-state index contributed by atoms with van der Waals surface area (Å²) in [6.45, 7) is 9.50. The molecule has 2 unspecified atom stereocenters. The Hall–Kier alpha value is -0.380. The molecule has 0 radical (unpaired) electrons. The van der Waals surface area contributed by atoms with Crippen LogP contribution in [0, 0.1) is 12.8 Å². The fraction of sp³-hybridized carbons (Fsp3) is 0.765. The van der Waals surface area contributed by atoms with Gasteiger partial charge in [0.1, 0.15) is 0 Å². The molecule has 0 bridgehead atoms. The zero-order valence-electron chi connectivity index (χ0n) is 13.2. The third-order valence-electron chi connectivity index (χ3n) is 4.41. The standard InChI is InChI=1S/C17H29NOS/c1-4-14-7-6-8-16(9-14)19-12-15-10-17(11-18-5-2)20-13(15)3/h10,14,16,18H,4-9,11-12H2,1-3H3. The topological polar surface area (TPSA) is 21.3 Å². The van der Waals surface area contributed by atoms with Gasteiger partial charge in [-0.3, -0.25) is 0 Å². The lowest BCUT2D eigenvalue weighted by Crippen LogP contribution is -2.22. The lowest BCUT2D eigenvalue weighted by Gasteiger charge is -2.28. The fourth-order valence-corrected chi connectivity index (χ4v) is 4.06. The lowest BCUT2D eigenvalue weighted by molar-refractivity contribution is 0.00172. The average molecular weight is 295 g/mol. The molecule has 0 saturated heterocycles. The highest BCUT2D eigenvalue weighted by molar-refractivity contribution is 7.12. The second-order valence-corrected chi connectivity index (χ2v) is 7.29. The Morgan fingerprint density at radius 2 is 2.20 bits per heavy atom. The molecule has 0 spiro atoms. The van der Waals surface area contributed by atoms with E-state index in [4.69, 9.17) is 4.74 Å². The highest BCUT2D eigenvalue weighted by Gasteiger charge is 2.21. The summed E-state index contributed by atoms with van der Waals surface area (Å²) in [7, 11) is 0. The SMILES string of the molecule is CCNCc1cc(COC2CCCC(CC)C2)c(C)s1. The van der Waals surface area contributed by atoms with Gasteiger partial charge in [0.15, 0.2) is 0 Å². The minimum atomic E-state index is 0.491. The van der Waals surface area contributed by atoms with Crippen LogP contribution in [0.3, 0.4) is 0 Å². The molecular formula is C17H29NOS.